The third-order valence-corrected chi connectivity index (χ3v) is 5.24. The third-order valence-electron chi connectivity index (χ3n) is 3.00. The van der Waals surface area contributed by atoms with Crippen molar-refractivity contribution >= 4 is 31.3 Å². The average Bonchev–Trinajstić information content (AvgIpc) is 2.46. The first kappa shape index (κ1) is 15.0. The van der Waals surface area contributed by atoms with Crippen molar-refractivity contribution < 1.29 is 8.42 Å². The number of hydrogen-bond donors (Lipinski definition) is 0. The maximum Gasteiger partial charge on any atom is 0.182 e. The highest BCUT2D eigenvalue weighted by molar-refractivity contribution is 9.11. The average molecular weight is 351 g/mol. The fraction of sp³-hybridized carbons (Fsp3) is 0.125. The lowest BCUT2D eigenvalue weighted by Crippen LogP contribution is -2.08. The summed E-state index contributed by atoms with van der Waals surface area (Å²) in [4.78, 5) is 2.03. The smallest absolute Gasteiger partial charge is 0.182 e. The van der Waals surface area contributed by atoms with E-state index in [-0.39, 0.29) is 5.75 Å². The molecule has 20 heavy (non-hydrogen) atoms. The molecule has 0 amide bonds. The second-order valence-corrected chi connectivity index (χ2v) is 7.02. The molecule has 0 radical (unpaired) electrons. The van der Waals surface area contributed by atoms with Gasteiger partial charge in [0.1, 0.15) is 0 Å². The minimum Gasteiger partial charge on any atom is -0.223 e. The van der Waals surface area contributed by atoms with Crippen molar-refractivity contribution in [3.63, 3.8) is 0 Å². The topological polar surface area (TPSA) is 34.1 Å². The van der Waals surface area contributed by atoms with Crippen LogP contribution in [0.15, 0.2) is 64.5 Å². The molecule has 0 aliphatic carbocycles. The van der Waals surface area contributed by atoms with E-state index in [1.807, 2.05) is 49.4 Å². The summed E-state index contributed by atoms with van der Waals surface area (Å²) in [5, 5.41) is 0. The van der Waals surface area contributed by atoms with E-state index in [4.69, 9.17) is 0 Å². The molecule has 0 aliphatic rings. The van der Waals surface area contributed by atoms with Gasteiger partial charge in [0, 0.05) is 0 Å². The van der Waals surface area contributed by atoms with E-state index in [2.05, 4.69) is 15.9 Å². The van der Waals surface area contributed by atoms with Crippen LogP contribution in [0.1, 0.15) is 11.1 Å². The molecular formula is C16H15BrO2S. The van der Waals surface area contributed by atoms with E-state index in [9.17, 15) is 8.42 Å². The molecule has 0 aliphatic heterocycles. The lowest BCUT2D eigenvalue weighted by Gasteiger charge is -2.08. The van der Waals surface area contributed by atoms with Gasteiger partial charge in [-0.25, -0.2) is 8.42 Å². The van der Waals surface area contributed by atoms with E-state index in [0.29, 0.717) is 4.90 Å². The second-order valence-electron chi connectivity index (χ2n) is 4.57. The van der Waals surface area contributed by atoms with Crippen LogP contribution >= 0.6 is 15.9 Å². The molecule has 4 heteroatoms. The maximum absolute atomic E-state index is 12.4. The van der Waals surface area contributed by atoms with Crippen LogP contribution < -0.4 is 0 Å². The van der Waals surface area contributed by atoms with Gasteiger partial charge in [-0.1, -0.05) is 64.0 Å². The number of rotatable bonds is 4. The van der Waals surface area contributed by atoms with Crippen molar-refractivity contribution in [3.8, 4) is 0 Å². The molecule has 0 unspecified atom stereocenters. The molecule has 0 atom stereocenters. The van der Waals surface area contributed by atoms with E-state index >= 15 is 0 Å². The molecule has 0 N–H and O–H groups in total. The Balaban J connectivity index is 2.30. The molecule has 0 spiro atoms. The standard InChI is InChI=1S/C16H15BrO2S/c1-13-7-9-16(10-8-13)20(18,19)12-15(11-17)14-5-3-2-4-6-14/h2-11H,12H2,1H3/b15-11+. The first-order valence-corrected chi connectivity index (χ1v) is 8.74. The van der Waals surface area contributed by atoms with Crippen LogP contribution in [-0.4, -0.2) is 14.2 Å². The number of benzene rings is 2. The summed E-state index contributed by atoms with van der Waals surface area (Å²) < 4.78 is 24.8. The number of halogens is 1. The Kier molecular flexibility index (Phi) is 4.78. The fourth-order valence-electron chi connectivity index (χ4n) is 1.86. The molecule has 0 fully saturated rings. The fourth-order valence-corrected chi connectivity index (χ4v) is 3.88. The molecule has 2 nitrogen and oxygen atoms in total. The van der Waals surface area contributed by atoms with Gasteiger partial charge in [0.15, 0.2) is 9.84 Å². The molecular weight excluding hydrogens is 336 g/mol. The largest absolute Gasteiger partial charge is 0.223 e. The van der Waals surface area contributed by atoms with E-state index < -0.39 is 9.84 Å². The zero-order valence-corrected chi connectivity index (χ0v) is 13.5. The van der Waals surface area contributed by atoms with Crippen molar-refractivity contribution in [1.82, 2.24) is 0 Å². The predicted molar refractivity (Wildman–Crippen MR) is 86.6 cm³/mol. The van der Waals surface area contributed by atoms with E-state index in [1.165, 1.54) is 0 Å². The molecule has 2 aromatic carbocycles. The van der Waals surface area contributed by atoms with Gasteiger partial charge in [0.2, 0.25) is 0 Å². The molecule has 0 saturated carbocycles. The summed E-state index contributed by atoms with van der Waals surface area (Å²) in [6, 6.07) is 16.4. The lowest BCUT2D eigenvalue weighted by atomic mass is 10.1. The highest BCUT2D eigenvalue weighted by Crippen LogP contribution is 2.22. The van der Waals surface area contributed by atoms with Crippen molar-refractivity contribution in [2.24, 2.45) is 0 Å². The van der Waals surface area contributed by atoms with Gasteiger partial charge in [0.25, 0.3) is 0 Å². The first-order chi connectivity index (χ1) is 9.53. The Morgan fingerprint density at radius 2 is 1.65 bits per heavy atom. The number of aryl methyl sites for hydroxylation is 1. The molecule has 2 aromatic rings. The van der Waals surface area contributed by atoms with Gasteiger partial charge < -0.3 is 0 Å². The predicted octanol–water partition coefficient (Wildman–Crippen LogP) is 4.20. The van der Waals surface area contributed by atoms with E-state index in [0.717, 1.165) is 16.7 Å². The number of sulfone groups is 1. The monoisotopic (exact) mass is 350 g/mol. The zero-order valence-electron chi connectivity index (χ0n) is 11.1. The summed E-state index contributed by atoms with van der Waals surface area (Å²) in [5.74, 6) is -0.0225. The summed E-state index contributed by atoms with van der Waals surface area (Å²) in [6.45, 7) is 1.93. The Morgan fingerprint density at radius 3 is 2.20 bits per heavy atom. The molecule has 104 valence electrons. The number of hydrogen-bond acceptors (Lipinski definition) is 2. The van der Waals surface area contributed by atoms with Crippen LogP contribution in [-0.2, 0) is 9.84 Å². The van der Waals surface area contributed by atoms with Crippen LogP contribution in [0.4, 0.5) is 0 Å². The highest BCUT2D eigenvalue weighted by atomic mass is 79.9. The van der Waals surface area contributed by atoms with E-state index in [1.54, 1.807) is 17.1 Å². The summed E-state index contributed by atoms with van der Waals surface area (Å²) in [6.07, 6.45) is 0. The van der Waals surface area contributed by atoms with Gasteiger partial charge in [0.05, 0.1) is 10.6 Å². The Bertz CT molecular complexity index is 702. The van der Waals surface area contributed by atoms with Gasteiger partial charge in [-0.15, -0.1) is 0 Å². The Morgan fingerprint density at radius 1 is 1.05 bits per heavy atom. The van der Waals surface area contributed by atoms with Crippen LogP contribution in [0.5, 0.6) is 0 Å². The molecule has 0 bridgehead atoms. The van der Waals surface area contributed by atoms with Gasteiger partial charge in [-0.05, 0) is 35.2 Å². The van der Waals surface area contributed by atoms with Gasteiger partial charge in [-0.2, -0.15) is 0 Å². The summed E-state index contributed by atoms with van der Waals surface area (Å²) >= 11 is 3.26. The Hall–Kier alpha value is -1.39. The minimum absolute atomic E-state index is 0.0225. The first-order valence-electron chi connectivity index (χ1n) is 6.17. The van der Waals surface area contributed by atoms with Crippen LogP contribution in [0.25, 0.3) is 5.57 Å². The SMILES string of the molecule is Cc1ccc(S(=O)(=O)C/C(=C\Br)c2ccccc2)cc1. The second kappa shape index (κ2) is 6.37. The maximum atomic E-state index is 12.4. The molecule has 2 rings (SSSR count). The van der Waals surface area contributed by atoms with Crippen LogP contribution in [0.2, 0.25) is 0 Å². The Labute approximate surface area is 128 Å². The molecule has 0 saturated heterocycles. The third kappa shape index (κ3) is 3.58. The summed E-state index contributed by atoms with van der Waals surface area (Å²) in [5.41, 5.74) is 2.69. The summed E-state index contributed by atoms with van der Waals surface area (Å²) in [7, 11) is -3.33. The van der Waals surface area contributed by atoms with Crippen LogP contribution in [0.3, 0.4) is 0 Å². The molecule has 0 aromatic heterocycles. The van der Waals surface area contributed by atoms with Crippen molar-refractivity contribution in [2.45, 2.75) is 11.8 Å². The van der Waals surface area contributed by atoms with Crippen molar-refractivity contribution in [1.29, 1.82) is 0 Å². The lowest BCUT2D eigenvalue weighted by molar-refractivity contribution is 0.599. The highest BCUT2D eigenvalue weighted by Gasteiger charge is 2.17. The quantitative estimate of drug-likeness (QED) is 0.827. The normalized spacial score (nSPS) is 12.4. The zero-order chi connectivity index (χ0) is 14.6. The van der Waals surface area contributed by atoms with Gasteiger partial charge >= 0.3 is 0 Å². The van der Waals surface area contributed by atoms with Gasteiger partial charge in [-0.3, -0.25) is 0 Å². The minimum atomic E-state index is -3.33. The van der Waals surface area contributed by atoms with Crippen molar-refractivity contribution in [3.05, 3.63) is 70.7 Å². The molecule has 0 heterocycles. The van der Waals surface area contributed by atoms with Crippen LogP contribution in [0, 0.1) is 6.92 Å². The van der Waals surface area contributed by atoms with Crippen molar-refractivity contribution in [2.75, 3.05) is 5.75 Å².